The molecule has 0 aliphatic rings. The molecular weight excluding hydrogens is 216 g/mol. The van der Waals surface area contributed by atoms with Gasteiger partial charge in [0, 0.05) is 0 Å². The van der Waals surface area contributed by atoms with Crippen LogP contribution >= 0.6 is 0 Å². The van der Waals surface area contributed by atoms with E-state index in [1.165, 1.54) is 7.11 Å². The minimum atomic E-state index is -2.99. The molecule has 0 unspecified atom stereocenters. The smallest absolute Gasteiger partial charge is 0.315 e. The molecule has 1 atom stereocenters. The van der Waals surface area contributed by atoms with Crippen LogP contribution in [-0.4, -0.2) is 19.4 Å². The Bertz CT molecular complexity index is 352. The molecule has 3 nitrogen and oxygen atoms in total. The zero-order valence-corrected chi connectivity index (χ0v) is 9.04. The quantitative estimate of drug-likeness (QED) is 0.859. The Morgan fingerprint density at radius 2 is 1.88 bits per heavy atom. The van der Waals surface area contributed by atoms with Crippen molar-refractivity contribution in [1.82, 2.24) is 5.32 Å². The summed E-state index contributed by atoms with van der Waals surface area (Å²) in [5.41, 5.74) is 0.745. The first-order valence-corrected chi connectivity index (χ1v) is 4.77. The first kappa shape index (κ1) is 12.4. The molecule has 0 aliphatic carbocycles. The van der Waals surface area contributed by atoms with Crippen LogP contribution in [0.2, 0.25) is 0 Å². The van der Waals surface area contributed by atoms with Gasteiger partial charge in [-0.1, -0.05) is 12.1 Å². The maximum Gasteiger partial charge on any atom is 0.315 e. The molecule has 1 rings (SSSR count). The summed E-state index contributed by atoms with van der Waals surface area (Å²) in [5.74, 6) is -0.584. The van der Waals surface area contributed by atoms with Gasteiger partial charge in [0.25, 0.3) is 5.91 Å². The fraction of sp³-hybridized carbons (Fsp3) is 0.364. The Kier molecular flexibility index (Phi) is 4.22. The average molecular weight is 229 g/mol. The van der Waals surface area contributed by atoms with Gasteiger partial charge < -0.3 is 10.1 Å². The van der Waals surface area contributed by atoms with E-state index in [9.17, 15) is 13.6 Å². The van der Waals surface area contributed by atoms with Gasteiger partial charge >= 0.3 is 6.43 Å². The topological polar surface area (TPSA) is 38.3 Å². The summed E-state index contributed by atoms with van der Waals surface area (Å²) in [6.45, 7) is 1.64. The molecule has 0 saturated heterocycles. The third-order valence-electron chi connectivity index (χ3n) is 2.17. The van der Waals surface area contributed by atoms with Gasteiger partial charge in [-0.3, -0.25) is 4.79 Å². The van der Waals surface area contributed by atoms with Crippen molar-refractivity contribution in [2.75, 3.05) is 7.11 Å². The Morgan fingerprint density at radius 3 is 2.31 bits per heavy atom. The number of alkyl halides is 2. The first-order valence-electron chi connectivity index (χ1n) is 4.77. The number of hydrogen-bond acceptors (Lipinski definition) is 2. The summed E-state index contributed by atoms with van der Waals surface area (Å²) >= 11 is 0. The van der Waals surface area contributed by atoms with Crippen molar-refractivity contribution in [3.05, 3.63) is 29.8 Å². The highest BCUT2D eigenvalue weighted by atomic mass is 19.3. The third kappa shape index (κ3) is 3.18. The van der Waals surface area contributed by atoms with E-state index in [1.54, 1.807) is 31.2 Å². The molecule has 0 radical (unpaired) electrons. The highest BCUT2D eigenvalue weighted by molar-refractivity contribution is 5.79. The number of methoxy groups -OCH3 is 1. The molecule has 1 aromatic rings. The molecule has 1 N–H and O–H groups in total. The monoisotopic (exact) mass is 229 g/mol. The number of benzene rings is 1. The molecule has 0 saturated carbocycles. The van der Waals surface area contributed by atoms with Crippen molar-refractivity contribution in [3.8, 4) is 5.75 Å². The standard InChI is InChI=1S/C11H13F2NO2/c1-7(14-11(15)10(12)13)8-3-5-9(16-2)6-4-8/h3-7,10H,1-2H3,(H,14,15)/t7-/m0/s1. The number of amides is 1. The minimum Gasteiger partial charge on any atom is -0.497 e. The van der Waals surface area contributed by atoms with E-state index in [4.69, 9.17) is 4.74 Å². The van der Waals surface area contributed by atoms with Gasteiger partial charge in [-0.05, 0) is 24.6 Å². The SMILES string of the molecule is COc1ccc([C@H](C)NC(=O)C(F)F)cc1. The number of carbonyl (C=O) groups is 1. The van der Waals surface area contributed by atoms with Crippen LogP contribution in [0.5, 0.6) is 5.75 Å². The maximum atomic E-state index is 12.0. The van der Waals surface area contributed by atoms with Crippen LogP contribution in [0.3, 0.4) is 0 Å². The predicted molar refractivity (Wildman–Crippen MR) is 55.6 cm³/mol. The molecule has 1 aromatic carbocycles. The van der Waals surface area contributed by atoms with Crippen molar-refractivity contribution < 1.29 is 18.3 Å². The van der Waals surface area contributed by atoms with E-state index in [-0.39, 0.29) is 0 Å². The van der Waals surface area contributed by atoms with Gasteiger partial charge in [-0.15, -0.1) is 0 Å². The summed E-state index contributed by atoms with van der Waals surface area (Å²) in [6.07, 6.45) is -2.99. The van der Waals surface area contributed by atoms with Gasteiger partial charge in [0.15, 0.2) is 0 Å². The molecule has 1 amide bonds. The fourth-order valence-corrected chi connectivity index (χ4v) is 1.25. The van der Waals surface area contributed by atoms with E-state index < -0.39 is 18.4 Å². The van der Waals surface area contributed by atoms with Crippen LogP contribution in [0.1, 0.15) is 18.5 Å². The molecule has 5 heteroatoms. The highest BCUT2D eigenvalue weighted by Crippen LogP contribution is 2.17. The maximum absolute atomic E-state index is 12.0. The van der Waals surface area contributed by atoms with Crippen LogP contribution < -0.4 is 10.1 Å². The van der Waals surface area contributed by atoms with Crippen LogP contribution in [0.15, 0.2) is 24.3 Å². The second kappa shape index (κ2) is 5.44. The van der Waals surface area contributed by atoms with E-state index in [1.807, 2.05) is 0 Å². The molecule has 0 spiro atoms. The minimum absolute atomic E-state index is 0.451. The molecular formula is C11H13F2NO2. The third-order valence-corrected chi connectivity index (χ3v) is 2.17. The normalized spacial score (nSPS) is 12.3. The lowest BCUT2D eigenvalue weighted by atomic mass is 10.1. The second-order valence-electron chi connectivity index (χ2n) is 3.30. The molecule has 0 heterocycles. The lowest BCUT2D eigenvalue weighted by molar-refractivity contribution is -0.132. The number of hydrogen-bond donors (Lipinski definition) is 1. The van der Waals surface area contributed by atoms with E-state index in [0.717, 1.165) is 5.56 Å². The van der Waals surface area contributed by atoms with Crippen LogP contribution in [0.4, 0.5) is 8.78 Å². The van der Waals surface area contributed by atoms with E-state index in [0.29, 0.717) is 5.75 Å². The number of carbonyl (C=O) groups excluding carboxylic acids is 1. The largest absolute Gasteiger partial charge is 0.497 e. The zero-order valence-electron chi connectivity index (χ0n) is 9.04. The fourth-order valence-electron chi connectivity index (χ4n) is 1.25. The average Bonchev–Trinajstić information content (AvgIpc) is 2.28. The van der Waals surface area contributed by atoms with Gasteiger partial charge in [-0.25, -0.2) is 0 Å². The molecule has 0 aromatic heterocycles. The van der Waals surface area contributed by atoms with Crippen LogP contribution in [0.25, 0.3) is 0 Å². The summed E-state index contributed by atoms with van der Waals surface area (Å²) < 4.78 is 28.9. The predicted octanol–water partition coefficient (Wildman–Crippen LogP) is 2.14. The van der Waals surface area contributed by atoms with Crippen molar-refractivity contribution >= 4 is 5.91 Å². The summed E-state index contributed by atoms with van der Waals surface area (Å²) in [6, 6.07) is 6.40. The van der Waals surface area contributed by atoms with Gasteiger partial charge in [0.1, 0.15) is 5.75 Å². The summed E-state index contributed by atoms with van der Waals surface area (Å²) in [4.78, 5) is 10.8. The van der Waals surface area contributed by atoms with E-state index >= 15 is 0 Å². The summed E-state index contributed by atoms with van der Waals surface area (Å²) in [7, 11) is 1.54. The zero-order chi connectivity index (χ0) is 12.1. The number of halogens is 2. The van der Waals surface area contributed by atoms with Crippen molar-refractivity contribution in [2.24, 2.45) is 0 Å². The molecule has 0 aliphatic heterocycles. The Hall–Kier alpha value is -1.65. The number of rotatable bonds is 4. The lowest BCUT2D eigenvalue weighted by Crippen LogP contribution is -2.31. The number of ether oxygens (including phenoxy) is 1. The lowest BCUT2D eigenvalue weighted by Gasteiger charge is -2.14. The Morgan fingerprint density at radius 1 is 1.31 bits per heavy atom. The highest BCUT2D eigenvalue weighted by Gasteiger charge is 2.17. The summed E-state index contributed by atoms with van der Waals surface area (Å²) in [5, 5.41) is 2.20. The Balaban J connectivity index is 2.65. The van der Waals surface area contributed by atoms with Crippen molar-refractivity contribution in [2.45, 2.75) is 19.4 Å². The van der Waals surface area contributed by atoms with Crippen molar-refractivity contribution in [3.63, 3.8) is 0 Å². The molecule has 0 fully saturated rings. The molecule has 88 valence electrons. The molecule has 16 heavy (non-hydrogen) atoms. The van der Waals surface area contributed by atoms with Gasteiger partial charge in [-0.2, -0.15) is 8.78 Å². The van der Waals surface area contributed by atoms with Crippen LogP contribution in [-0.2, 0) is 4.79 Å². The second-order valence-corrected chi connectivity index (χ2v) is 3.30. The molecule has 0 bridgehead atoms. The number of nitrogens with one attached hydrogen (secondary N) is 1. The first-order chi connectivity index (χ1) is 7.54. The Labute approximate surface area is 92.4 Å². The van der Waals surface area contributed by atoms with E-state index in [2.05, 4.69) is 5.32 Å². The van der Waals surface area contributed by atoms with Gasteiger partial charge in [0.2, 0.25) is 0 Å². The van der Waals surface area contributed by atoms with Crippen molar-refractivity contribution in [1.29, 1.82) is 0 Å². The van der Waals surface area contributed by atoms with Gasteiger partial charge in [0.05, 0.1) is 13.2 Å². The van der Waals surface area contributed by atoms with Crippen LogP contribution in [0, 0.1) is 0 Å².